The summed E-state index contributed by atoms with van der Waals surface area (Å²) >= 11 is 0. The lowest BCUT2D eigenvalue weighted by molar-refractivity contribution is -0.0367. The molecule has 0 unspecified atom stereocenters. The van der Waals surface area contributed by atoms with Crippen LogP contribution in [-0.2, 0) is 19.5 Å². The zero-order valence-electron chi connectivity index (χ0n) is 12.5. The van der Waals surface area contributed by atoms with E-state index in [1.807, 2.05) is 0 Å². The zero-order chi connectivity index (χ0) is 13.7. The molecule has 4 nitrogen and oxygen atoms in total. The van der Waals surface area contributed by atoms with E-state index in [0.717, 1.165) is 41.8 Å². The fraction of sp³-hybridized carbons (Fsp3) is 0.875. The Morgan fingerprint density at radius 2 is 1.75 bits per heavy atom. The van der Waals surface area contributed by atoms with Gasteiger partial charge in [0.1, 0.15) is 0 Å². The summed E-state index contributed by atoms with van der Waals surface area (Å²) in [6, 6.07) is 0. The first-order valence-corrected chi connectivity index (χ1v) is 8.39. The summed E-state index contributed by atoms with van der Waals surface area (Å²) < 4.78 is 2.08. The molecule has 0 saturated heterocycles. The van der Waals surface area contributed by atoms with E-state index in [0.29, 0.717) is 6.54 Å². The molecule has 0 atom stereocenters. The van der Waals surface area contributed by atoms with Gasteiger partial charge in [0.25, 0.3) is 0 Å². The number of hydrogen-bond acceptors (Lipinski definition) is 3. The molecule has 1 aromatic rings. The minimum absolute atomic E-state index is 0.530. The molecule has 5 rings (SSSR count). The van der Waals surface area contributed by atoms with E-state index in [-0.39, 0.29) is 0 Å². The Kier molecular flexibility index (Phi) is 3.09. The first-order chi connectivity index (χ1) is 9.78. The van der Waals surface area contributed by atoms with Crippen molar-refractivity contribution in [3.05, 3.63) is 11.4 Å². The highest BCUT2D eigenvalue weighted by Crippen LogP contribution is 2.57. The van der Waals surface area contributed by atoms with Gasteiger partial charge < -0.3 is 5.73 Å². The second-order valence-electron chi connectivity index (χ2n) is 7.30. The molecule has 0 spiro atoms. The zero-order valence-corrected chi connectivity index (χ0v) is 12.5. The fourth-order valence-electron chi connectivity index (χ4n) is 5.60. The van der Waals surface area contributed by atoms with Crippen molar-refractivity contribution in [3.63, 3.8) is 0 Å². The van der Waals surface area contributed by atoms with Gasteiger partial charge in [0.05, 0.1) is 11.4 Å². The maximum absolute atomic E-state index is 5.85. The third-order valence-electron chi connectivity index (χ3n) is 6.26. The number of aryl methyl sites for hydroxylation is 1. The first kappa shape index (κ1) is 12.8. The van der Waals surface area contributed by atoms with Crippen LogP contribution in [0.15, 0.2) is 0 Å². The Balaban J connectivity index is 1.58. The van der Waals surface area contributed by atoms with Gasteiger partial charge in [-0.05, 0) is 75.0 Å². The van der Waals surface area contributed by atoms with Crippen molar-refractivity contribution in [1.82, 2.24) is 15.0 Å². The quantitative estimate of drug-likeness (QED) is 0.917. The summed E-state index contributed by atoms with van der Waals surface area (Å²) in [5.41, 5.74) is 8.21. The van der Waals surface area contributed by atoms with Crippen molar-refractivity contribution in [2.45, 2.75) is 58.5 Å². The lowest BCUT2D eigenvalue weighted by atomic mass is 9.51. The number of nitrogens with two attached hydrogens (primary N) is 1. The predicted molar refractivity (Wildman–Crippen MR) is 77.8 cm³/mol. The van der Waals surface area contributed by atoms with Gasteiger partial charge in [-0.3, -0.25) is 0 Å². The Hall–Kier alpha value is -0.900. The van der Waals surface area contributed by atoms with Gasteiger partial charge in [0.2, 0.25) is 0 Å². The summed E-state index contributed by atoms with van der Waals surface area (Å²) in [4.78, 5) is 0. The molecule has 4 bridgehead atoms. The third-order valence-corrected chi connectivity index (χ3v) is 6.26. The van der Waals surface area contributed by atoms with Crippen LogP contribution in [0.25, 0.3) is 0 Å². The summed E-state index contributed by atoms with van der Waals surface area (Å²) in [5, 5.41) is 8.55. The van der Waals surface area contributed by atoms with Crippen LogP contribution in [0.4, 0.5) is 0 Å². The molecule has 4 saturated carbocycles. The van der Waals surface area contributed by atoms with Crippen molar-refractivity contribution >= 4 is 0 Å². The summed E-state index contributed by atoms with van der Waals surface area (Å²) in [5.74, 6) is 4.92. The molecule has 4 fully saturated rings. The van der Waals surface area contributed by atoms with E-state index in [9.17, 15) is 0 Å². The Labute approximate surface area is 121 Å². The summed E-state index contributed by atoms with van der Waals surface area (Å²) in [6.45, 7) is 3.59. The van der Waals surface area contributed by atoms with Crippen molar-refractivity contribution in [3.8, 4) is 0 Å². The van der Waals surface area contributed by atoms with E-state index >= 15 is 0 Å². The molecule has 0 amide bonds. The highest BCUT2D eigenvalue weighted by Gasteiger charge is 2.48. The van der Waals surface area contributed by atoms with E-state index in [2.05, 4.69) is 21.9 Å². The smallest absolute Gasteiger partial charge is 0.0994 e. The molecule has 0 aliphatic heterocycles. The third kappa shape index (κ3) is 1.92. The van der Waals surface area contributed by atoms with Crippen LogP contribution in [0.2, 0.25) is 0 Å². The average molecular weight is 274 g/mol. The lowest BCUT2D eigenvalue weighted by Crippen LogP contribution is -2.46. The predicted octanol–water partition coefficient (Wildman–Crippen LogP) is 2.37. The first-order valence-electron chi connectivity index (χ1n) is 8.39. The van der Waals surface area contributed by atoms with Gasteiger partial charge in [-0.25, -0.2) is 4.68 Å². The highest BCUT2D eigenvalue weighted by molar-refractivity contribution is 5.13. The standard InChI is InChI=1S/C16H26N4/c1-2-20-16(15(9-17)18-19-20)8-14-12-4-10-3-11(6-12)7-13(14)5-10/h10-14H,2-9,17H2,1H3. The Bertz CT molecular complexity index is 443. The highest BCUT2D eigenvalue weighted by atomic mass is 15.4. The minimum atomic E-state index is 0.530. The number of rotatable bonds is 4. The molecule has 1 heterocycles. The molecule has 2 N–H and O–H groups in total. The molecule has 110 valence electrons. The van der Waals surface area contributed by atoms with E-state index in [1.54, 1.807) is 0 Å². The van der Waals surface area contributed by atoms with Crippen LogP contribution < -0.4 is 5.73 Å². The molecular formula is C16H26N4. The van der Waals surface area contributed by atoms with E-state index in [1.165, 1.54) is 44.2 Å². The molecule has 20 heavy (non-hydrogen) atoms. The normalized spacial score (nSPS) is 38.6. The van der Waals surface area contributed by atoms with Crippen molar-refractivity contribution < 1.29 is 0 Å². The lowest BCUT2D eigenvalue weighted by Gasteiger charge is -2.54. The van der Waals surface area contributed by atoms with Crippen molar-refractivity contribution in [2.75, 3.05) is 0 Å². The van der Waals surface area contributed by atoms with Crippen LogP contribution in [0, 0.1) is 29.6 Å². The van der Waals surface area contributed by atoms with Crippen LogP contribution in [0.5, 0.6) is 0 Å². The molecule has 4 aliphatic rings. The Morgan fingerprint density at radius 1 is 1.10 bits per heavy atom. The second kappa shape index (κ2) is 4.83. The van der Waals surface area contributed by atoms with Crippen molar-refractivity contribution in [1.29, 1.82) is 0 Å². The Morgan fingerprint density at radius 3 is 2.30 bits per heavy atom. The van der Waals surface area contributed by atoms with Gasteiger partial charge >= 0.3 is 0 Å². The van der Waals surface area contributed by atoms with Crippen LogP contribution in [0.3, 0.4) is 0 Å². The van der Waals surface area contributed by atoms with Gasteiger partial charge in [0, 0.05) is 13.1 Å². The van der Waals surface area contributed by atoms with Crippen LogP contribution in [-0.4, -0.2) is 15.0 Å². The van der Waals surface area contributed by atoms with Crippen LogP contribution >= 0.6 is 0 Å². The molecule has 4 aliphatic carbocycles. The SMILES string of the molecule is CCn1nnc(CN)c1CC1C2CC3CC(C2)CC1C3. The number of hydrogen-bond donors (Lipinski definition) is 1. The largest absolute Gasteiger partial charge is 0.325 e. The van der Waals surface area contributed by atoms with Crippen LogP contribution in [0.1, 0.15) is 50.4 Å². The second-order valence-corrected chi connectivity index (χ2v) is 7.30. The molecule has 0 aromatic carbocycles. The minimum Gasteiger partial charge on any atom is -0.325 e. The van der Waals surface area contributed by atoms with Gasteiger partial charge in [-0.2, -0.15) is 0 Å². The number of nitrogens with zero attached hydrogens (tertiary/aromatic N) is 3. The van der Waals surface area contributed by atoms with Crippen molar-refractivity contribution in [2.24, 2.45) is 35.3 Å². The topological polar surface area (TPSA) is 56.7 Å². The summed E-state index contributed by atoms with van der Waals surface area (Å²) in [7, 11) is 0. The maximum Gasteiger partial charge on any atom is 0.0994 e. The average Bonchev–Trinajstić information content (AvgIpc) is 2.83. The fourth-order valence-corrected chi connectivity index (χ4v) is 5.60. The molecule has 1 aromatic heterocycles. The molecule has 4 heteroatoms. The monoisotopic (exact) mass is 274 g/mol. The molecule has 0 radical (unpaired) electrons. The molecular weight excluding hydrogens is 248 g/mol. The van der Waals surface area contributed by atoms with Gasteiger partial charge in [0.15, 0.2) is 0 Å². The summed E-state index contributed by atoms with van der Waals surface area (Å²) in [6.07, 6.45) is 8.66. The van der Waals surface area contributed by atoms with Gasteiger partial charge in [-0.15, -0.1) is 5.10 Å². The number of aromatic nitrogens is 3. The van der Waals surface area contributed by atoms with E-state index in [4.69, 9.17) is 5.73 Å². The van der Waals surface area contributed by atoms with Gasteiger partial charge in [-0.1, -0.05) is 5.21 Å². The van der Waals surface area contributed by atoms with E-state index < -0.39 is 0 Å². The maximum atomic E-state index is 5.85.